The molecule has 1 atom stereocenters. The van der Waals surface area contributed by atoms with Gasteiger partial charge in [-0.1, -0.05) is 12.1 Å². The highest BCUT2D eigenvalue weighted by molar-refractivity contribution is 5.26. The van der Waals surface area contributed by atoms with Crippen molar-refractivity contribution in [3.05, 3.63) is 53.6 Å². The van der Waals surface area contributed by atoms with Gasteiger partial charge in [-0.25, -0.2) is 4.98 Å². The Morgan fingerprint density at radius 2 is 1.89 bits per heavy atom. The third kappa shape index (κ3) is 3.14. The SMILES string of the molecule is Cc1nccn1CC(O)c1ccc(C(F)(F)F)cc1. The monoisotopic (exact) mass is 270 g/mol. The van der Waals surface area contributed by atoms with Gasteiger partial charge in [-0.2, -0.15) is 13.2 Å². The van der Waals surface area contributed by atoms with E-state index < -0.39 is 17.8 Å². The number of benzene rings is 1. The fourth-order valence-corrected chi connectivity index (χ4v) is 1.78. The Morgan fingerprint density at radius 3 is 2.37 bits per heavy atom. The van der Waals surface area contributed by atoms with Gasteiger partial charge in [-0.15, -0.1) is 0 Å². The van der Waals surface area contributed by atoms with Gasteiger partial charge in [0.05, 0.1) is 18.2 Å². The first-order valence-electron chi connectivity index (χ1n) is 5.71. The molecule has 0 saturated heterocycles. The molecule has 102 valence electrons. The van der Waals surface area contributed by atoms with E-state index in [0.717, 1.165) is 18.0 Å². The van der Waals surface area contributed by atoms with Crippen LogP contribution in [0.5, 0.6) is 0 Å². The van der Waals surface area contributed by atoms with Gasteiger partial charge in [-0.3, -0.25) is 0 Å². The van der Waals surface area contributed by atoms with E-state index in [-0.39, 0.29) is 6.54 Å². The molecule has 1 heterocycles. The molecule has 0 saturated carbocycles. The fraction of sp³-hybridized carbons (Fsp3) is 0.308. The number of halogens is 3. The van der Waals surface area contributed by atoms with Crippen LogP contribution in [-0.4, -0.2) is 14.7 Å². The molecular formula is C13H13F3N2O. The van der Waals surface area contributed by atoms with Crippen LogP contribution in [0, 0.1) is 6.92 Å². The number of aromatic nitrogens is 2. The van der Waals surface area contributed by atoms with Gasteiger partial charge in [-0.05, 0) is 24.6 Å². The molecule has 1 unspecified atom stereocenters. The fourth-order valence-electron chi connectivity index (χ4n) is 1.78. The zero-order valence-corrected chi connectivity index (χ0v) is 10.2. The van der Waals surface area contributed by atoms with Crippen molar-refractivity contribution in [3.63, 3.8) is 0 Å². The number of rotatable bonds is 3. The maximum atomic E-state index is 12.4. The Bertz CT molecular complexity index is 546. The minimum atomic E-state index is -4.36. The van der Waals surface area contributed by atoms with Gasteiger partial charge in [0.25, 0.3) is 0 Å². The van der Waals surface area contributed by atoms with Crippen molar-refractivity contribution in [2.24, 2.45) is 0 Å². The highest BCUT2D eigenvalue weighted by Gasteiger charge is 2.30. The van der Waals surface area contributed by atoms with Crippen LogP contribution < -0.4 is 0 Å². The lowest BCUT2D eigenvalue weighted by Crippen LogP contribution is -2.10. The first-order valence-corrected chi connectivity index (χ1v) is 5.71. The summed E-state index contributed by atoms with van der Waals surface area (Å²) in [5.74, 6) is 0.742. The lowest BCUT2D eigenvalue weighted by Gasteiger charge is -2.14. The van der Waals surface area contributed by atoms with Crippen molar-refractivity contribution in [1.82, 2.24) is 9.55 Å². The molecule has 2 aromatic rings. The van der Waals surface area contributed by atoms with E-state index >= 15 is 0 Å². The van der Waals surface area contributed by atoms with E-state index in [4.69, 9.17) is 0 Å². The second-order valence-corrected chi connectivity index (χ2v) is 4.26. The zero-order valence-electron chi connectivity index (χ0n) is 10.2. The maximum absolute atomic E-state index is 12.4. The summed E-state index contributed by atoms with van der Waals surface area (Å²) in [6.07, 6.45) is -1.91. The van der Waals surface area contributed by atoms with Crippen LogP contribution >= 0.6 is 0 Å². The normalized spacial score (nSPS) is 13.5. The third-order valence-electron chi connectivity index (χ3n) is 2.92. The van der Waals surface area contributed by atoms with E-state index in [1.165, 1.54) is 12.1 Å². The lowest BCUT2D eigenvalue weighted by atomic mass is 10.1. The van der Waals surface area contributed by atoms with E-state index in [2.05, 4.69) is 4.98 Å². The summed E-state index contributed by atoms with van der Waals surface area (Å²) in [6.45, 7) is 2.05. The quantitative estimate of drug-likeness (QED) is 0.931. The van der Waals surface area contributed by atoms with Crippen LogP contribution in [0.3, 0.4) is 0 Å². The Morgan fingerprint density at radius 1 is 1.26 bits per heavy atom. The Hall–Kier alpha value is -1.82. The number of aryl methyl sites for hydroxylation is 1. The van der Waals surface area contributed by atoms with Gasteiger partial charge in [0.1, 0.15) is 5.82 Å². The Labute approximate surface area is 108 Å². The molecule has 0 aliphatic rings. The summed E-state index contributed by atoms with van der Waals surface area (Å²) < 4.78 is 39.0. The number of aliphatic hydroxyl groups is 1. The minimum Gasteiger partial charge on any atom is -0.387 e. The van der Waals surface area contributed by atoms with Crippen LogP contribution in [0.15, 0.2) is 36.7 Å². The molecule has 1 aromatic heterocycles. The van der Waals surface area contributed by atoms with Crippen LogP contribution in [-0.2, 0) is 12.7 Å². The molecule has 0 fully saturated rings. The van der Waals surface area contributed by atoms with Crippen molar-refractivity contribution in [3.8, 4) is 0 Å². The van der Waals surface area contributed by atoms with Gasteiger partial charge >= 0.3 is 6.18 Å². The molecule has 0 bridgehead atoms. The van der Waals surface area contributed by atoms with Crippen LogP contribution in [0.4, 0.5) is 13.2 Å². The largest absolute Gasteiger partial charge is 0.416 e. The van der Waals surface area contributed by atoms with Crippen molar-refractivity contribution in [2.45, 2.75) is 25.7 Å². The molecular weight excluding hydrogens is 257 g/mol. The van der Waals surface area contributed by atoms with Gasteiger partial charge in [0.2, 0.25) is 0 Å². The summed E-state index contributed by atoms with van der Waals surface area (Å²) in [6, 6.07) is 4.53. The average molecular weight is 270 g/mol. The highest BCUT2D eigenvalue weighted by Crippen LogP contribution is 2.30. The van der Waals surface area contributed by atoms with E-state index in [9.17, 15) is 18.3 Å². The lowest BCUT2D eigenvalue weighted by molar-refractivity contribution is -0.137. The molecule has 0 radical (unpaired) electrons. The van der Waals surface area contributed by atoms with Crippen molar-refractivity contribution < 1.29 is 18.3 Å². The number of imidazole rings is 1. The highest BCUT2D eigenvalue weighted by atomic mass is 19.4. The van der Waals surface area contributed by atoms with E-state index in [1.54, 1.807) is 23.9 Å². The summed E-state index contributed by atoms with van der Waals surface area (Å²) in [5.41, 5.74) is -0.275. The molecule has 0 spiro atoms. The molecule has 0 aliphatic heterocycles. The van der Waals surface area contributed by atoms with Gasteiger partial charge < -0.3 is 9.67 Å². The number of aliphatic hydroxyl groups excluding tert-OH is 1. The molecule has 19 heavy (non-hydrogen) atoms. The summed E-state index contributed by atoms with van der Waals surface area (Å²) in [5, 5.41) is 9.98. The zero-order chi connectivity index (χ0) is 14.0. The summed E-state index contributed by atoms with van der Waals surface area (Å²) >= 11 is 0. The summed E-state index contributed by atoms with van der Waals surface area (Å²) in [7, 11) is 0. The van der Waals surface area contributed by atoms with Crippen LogP contribution in [0.2, 0.25) is 0 Å². The average Bonchev–Trinajstić information content (AvgIpc) is 2.74. The number of nitrogens with zero attached hydrogens (tertiary/aromatic N) is 2. The van der Waals surface area contributed by atoms with Crippen LogP contribution in [0.1, 0.15) is 23.1 Å². The van der Waals surface area contributed by atoms with Gasteiger partial charge in [0, 0.05) is 12.4 Å². The predicted octanol–water partition coefficient (Wildman–Crippen LogP) is 2.94. The Kier molecular flexibility index (Phi) is 3.61. The topological polar surface area (TPSA) is 38.0 Å². The number of alkyl halides is 3. The van der Waals surface area contributed by atoms with E-state index in [1.807, 2.05) is 0 Å². The predicted molar refractivity (Wildman–Crippen MR) is 63.4 cm³/mol. The first kappa shape index (κ1) is 13.6. The third-order valence-corrected chi connectivity index (χ3v) is 2.92. The van der Waals surface area contributed by atoms with Gasteiger partial charge in [0.15, 0.2) is 0 Å². The molecule has 3 nitrogen and oxygen atoms in total. The molecule has 1 N–H and O–H groups in total. The minimum absolute atomic E-state index is 0.261. The summed E-state index contributed by atoms with van der Waals surface area (Å²) in [4.78, 5) is 4.01. The number of hydrogen-bond acceptors (Lipinski definition) is 2. The molecule has 1 aromatic carbocycles. The van der Waals surface area contributed by atoms with Crippen molar-refractivity contribution in [2.75, 3.05) is 0 Å². The molecule has 0 amide bonds. The first-order chi connectivity index (χ1) is 8.88. The Balaban J connectivity index is 2.12. The second kappa shape index (κ2) is 5.05. The maximum Gasteiger partial charge on any atom is 0.416 e. The van der Waals surface area contributed by atoms with Crippen molar-refractivity contribution in [1.29, 1.82) is 0 Å². The van der Waals surface area contributed by atoms with E-state index in [0.29, 0.717) is 5.56 Å². The van der Waals surface area contributed by atoms with Crippen molar-refractivity contribution >= 4 is 0 Å². The second-order valence-electron chi connectivity index (χ2n) is 4.26. The van der Waals surface area contributed by atoms with Crippen LogP contribution in [0.25, 0.3) is 0 Å². The smallest absolute Gasteiger partial charge is 0.387 e. The standard InChI is InChI=1S/C13H13F3N2O/c1-9-17-6-7-18(9)8-12(19)10-2-4-11(5-3-10)13(14,15)16/h2-7,12,19H,8H2,1H3. The molecule has 2 rings (SSSR count). The molecule has 0 aliphatic carbocycles. The molecule has 6 heteroatoms. The number of hydrogen-bond donors (Lipinski definition) is 1.